The average molecular weight is 318 g/mol. The standard InChI is InChI=1S/C16H22Cl2FN/c1-15(2)7-11(8-16(3,4)9-15)20-10-5-12(17)14(19)13(18)6-10/h5-6,11,20H,7-9H2,1-4H3. The molecule has 0 atom stereocenters. The highest BCUT2D eigenvalue weighted by atomic mass is 35.5. The predicted molar refractivity (Wildman–Crippen MR) is 85.2 cm³/mol. The molecule has 0 amide bonds. The highest BCUT2D eigenvalue weighted by Crippen LogP contribution is 2.46. The van der Waals surface area contributed by atoms with E-state index in [1.54, 1.807) is 12.1 Å². The van der Waals surface area contributed by atoms with Gasteiger partial charge in [0.1, 0.15) is 0 Å². The first kappa shape index (κ1) is 15.9. The molecular weight excluding hydrogens is 296 g/mol. The van der Waals surface area contributed by atoms with E-state index in [9.17, 15) is 4.39 Å². The van der Waals surface area contributed by atoms with Crippen molar-refractivity contribution in [2.24, 2.45) is 10.8 Å². The van der Waals surface area contributed by atoms with Gasteiger partial charge in [0, 0.05) is 11.7 Å². The van der Waals surface area contributed by atoms with E-state index in [-0.39, 0.29) is 10.0 Å². The van der Waals surface area contributed by atoms with E-state index in [4.69, 9.17) is 23.2 Å². The summed E-state index contributed by atoms with van der Waals surface area (Å²) in [6, 6.07) is 3.57. The third-order valence-corrected chi connectivity index (χ3v) is 4.46. The monoisotopic (exact) mass is 317 g/mol. The Morgan fingerprint density at radius 2 is 1.50 bits per heavy atom. The molecule has 1 N–H and O–H groups in total. The van der Waals surface area contributed by atoms with E-state index in [2.05, 4.69) is 33.0 Å². The molecule has 1 fully saturated rings. The summed E-state index contributed by atoms with van der Waals surface area (Å²) in [6.45, 7) is 9.20. The minimum absolute atomic E-state index is 0.0642. The first-order valence-corrected chi connectivity index (χ1v) is 7.75. The van der Waals surface area contributed by atoms with Gasteiger partial charge in [-0.3, -0.25) is 0 Å². The Morgan fingerprint density at radius 1 is 1.05 bits per heavy atom. The second kappa shape index (κ2) is 5.38. The van der Waals surface area contributed by atoms with Crippen LogP contribution >= 0.6 is 23.2 Å². The summed E-state index contributed by atoms with van der Waals surface area (Å²) in [5.74, 6) is -0.553. The number of halogens is 3. The number of rotatable bonds is 2. The Balaban J connectivity index is 2.17. The molecule has 4 heteroatoms. The van der Waals surface area contributed by atoms with Crippen LogP contribution in [0.25, 0.3) is 0 Å². The number of anilines is 1. The molecule has 2 rings (SSSR count). The van der Waals surface area contributed by atoms with Crippen molar-refractivity contribution in [1.29, 1.82) is 0 Å². The first-order valence-electron chi connectivity index (χ1n) is 6.99. The van der Waals surface area contributed by atoms with Gasteiger partial charge in [0.05, 0.1) is 10.0 Å². The highest BCUT2D eigenvalue weighted by molar-refractivity contribution is 6.35. The van der Waals surface area contributed by atoms with Crippen LogP contribution in [0.4, 0.5) is 10.1 Å². The summed E-state index contributed by atoms with van der Waals surface area (Å²) < 4.78 is 13.4. The van der Waals surface area contributed by atoms with Crippen molar-refractivity contribution in [3.63, 3.8) is 0 Å². The van der Waals surface area contributed by atoms with E-state index >= 15 is 0 Å². The molecular formula is C16H22Cl2FN. The summed E-state index contributed by atoms with van der Waals surface area (Å²) in [4.78, 5) is 0. The maximum Gasteiger partial charge on any atom is 0.160 e. The second-order valence-electron chi connectivity index (χ2n) is 7.51. The van der Waals surface area contributed by atoms with Gasteiger partial charge >= 0.3 is 0 Å². The quantitative estimate of drug-likeness (QED) is 0.645. The van der Waals surface area contributed by atoms with Crippen LogP contribution < -0.4 is 5.32 Å². The largest absolute Gasteiger partial charge is 0.382 e. The highest BCUT2D eigenvalue weighted by Gasteiger charge is 2.38. The Labute approximate surface area is 130 Å². The molecule has 0 spiro atoms. The fourth-order valence-corrected chi connectivity index (χ4v) is 4.31. The second-order valence-corrected chi connectivity index (χ2v) is 8.32. The lowest BCUT2D eigenvalue weighted by Gasteiger charge is -2.45. The number of benzene rings is 1. The lowest BCUT2D eigenvalue weighted by molar-refractivity contribution is 0.105. The molecule has 1 aromatic rings. The summed E-state index contributed by atoms with van der Waals surface area (Å²) in [6.07, 6.45) is 3.38. The number of hydrogen-bond donors (Lipinski definition) is 1. The van der Waals surface area contributed by atoms with Gasteiger partial charge in [-0.1, -0.05) is 50.9 Å². The van der Waals surface area contributed by atoms with Crippen LogP contribution in [-0.2, 0) is 0 Å². The lowest BCUT2D eigenvalue weighted by atomic mass is 9.63. The van der Waals surface area contributed by atoms with Crippen LogP contribution in [0.1, 0.15) is 47.0 Å². The van der Waals surface area contributed by atoms with Crippen LogP contribution in [0, 0.1) is 16.6 Å². The average Bonchev–Trinajstić information content (AvgIpc) is 2.21. The molecule has 0 heterocycles. The molecule has 0 aliphatic heterocycles. The van der Waals surface area contributed by atoms with Crippen LogP contribution in [0.3, 0.4) is 0 Å². The van der Waals surface area contributed by atoms with Gasteiger partial charge in [-0.15, -0.1) is 0 Å². The normalized spacial score (nSPS) is 21.8. The predicted octanol–water partition coefficient (Wildman–Crippen LogP) is 6.15. The number of nitrogens with one attached hydrogen (secondary N) is 1. The molecule has 1 saturated carbocycles. The first-order chi connectivity index (χ1) is 9.08. The summed E-state index contributed by atoms with van der Waals surface area (Å²) in [7, 11) is 0. The molecule has 112 valence electrons. The van der Waals surface area contributed by atoms with Gasteiger partial charge in [-0.25, -0.2) is 4.39 Å². The van der Waals surface area contributed by atoms with Crippen molar-refractivity contribution in [3.05, 3.63) is 28.0 Å². The zero-order chi connectivity index (χ0) is 15.1. The molecule has 0 saturated heterocycles. The maximum atomic E-state index is 13.4. The van der Waals surface area contributed by atoms with Crippen LogP contribution in [0.2, 0.25) is 10.0 Å². The number of hydrogen-bond acceptors (Lipinski definition) is 1. The molecule has 0 unspecified atom stereocenters. The van der Waals surface area contributed by atoms with Crippen LogP contribution in [0.5, 0.6) is 0 Å². The summed E-state index contributed by atoms with van der Waals surface area (Å²) in [5, 5.41) is 3.59. The van der Waals surface area contributed by atoms with Gasteiger partial charge in [0.25, 0.3) is 0 Å². The van der Waals surface area contributed by atoms with E-state index < -0.39 is 5.82 Å². The molecule has 0 aromatic heterocycles. The van der Waals surface area contributed by atoms with Crippen molar-refractivity contribution >= 4 is 28.9 Å². The fourth-order valence-electron chi connectivity index (χ4n) is 3.82. The third-order valence-electron chi connectivity index (χ3n) is 3.91. The molecule has 0 bridgehead atoms. The topological polar surface area (TPSA) is 12.0 Å². The molecule has 1 aromatic carbocycles. The molecule has 1 aliphatic rings. The lowest BCUT2D eigenvalue weighted by Crippen LogP contribution is -2.40. The van der Waals surface area contributed by atoms with Crippen LogP contribution in [0.15, 0.2) is 12.1 Å². The molecule has 1 nitrogen and oxygen atoms in total. The smallest absolute Gasteiger partial charge is 0.160 e. The van der Waals surface area contributed by atoms with Gasteiger partial charge in [-0.05, 0) is 42.2 Å². The minimum Gasteiger partial charge on any atom is -0.382 e. The van der Waals surface area contributed by atoms with E-state index in [1.165, 1.54) is 6.42 Å². The van der Waals surface area contributed by atoms with Crippen molar-refractivity contribution in [2.75, 3.05) is 5.32 Å². The van der Waals surface area contributed by atoms with Crippen molar-refractivity contribution in [1.82, 2.24) is 0 Å². The SMILES string of the molecule is CC1(C)CC(Nc2cc(Cl)c(F)c(Cl)c2)CC(C)(C)C1. The van der Waals surface area contributed by atoms with Crippen molar-refractivity contribution in [2.45, 2.75) is 53.0 Å². The Morgan fingerprint density at radius 3 is 1.95 bits per heavy atom. The van der Waals surface area contributed by atoms with Crippen molar-refractivity contribution in [3.8, 4) is 0 Å². The van der Waals surface area contributed by atoms with Crippen LogP contribution in [-0.4, -0.2) is 6.04 Å². The molecule has 0 radical (unpaired) electrons. The summed E-state index contributed by atoms with van der Waals surface area (Å²) >= 11 is 11.7. The van der Waals surface area contributed by atoms with Gasteiger partial charge < -0.3 is 5.32 Å². The van der Waals surface area contributed by atoms with Crippen molar-refractivity contribution < 1.29 is 4.39 Å². The van der Waals surface area contributed by atoms with Gasteiger partial charge in [0.15, 0.2) is 5.82 Å². The zero-order valence-corrected chi connectivity index (χ0v) is 14.0. The molecule has 1 aliphatic carbocycles. The Bertz CT molecular complexity index is 472. The van der Waals surface area contributed by atoms with Gasteiger partial charge in [-0.2, -0.15) is 0 Å². The maximum absolute atomic E-state index is 13.4. The van der Waals surface area contributed by atoms with Gasteiger partial charge in [0.2, 0.25) is 0 Å². The fraction of sp³-hybridized carbons (Fsp3) is 0.625. The van der Waals surface area contributed by atoms with E-state index in [0.717, 1.165) is 18.5 Å². The molecule has 20 heavy (non-hydrogen) atoms. The zero-order valence-electron chi connectivity index (χ0n) is 12.5. The van der Waals surface area contributed by atoms with E-state index in [1.807, 2.05) is 0 Å². The minimum atomic E-state index is -0.553. The Kier molecular flexibility index (Phi) is 4.28. The summed E-state index contributed by atoms with van der Waals surface area (Å²) in [5.41, 5.74) is 1.39. The van der Waals surface area contributed by atoms with E-state index in [0.29, 0.717) is 16.9 Å². The Hall–Kier alpha value is -0.470. The third kappa shape index (κ3) is 3.79.